The van der Waals surface area contributed by atoms with Crippen LogP contribution in [0.25, 0.3) is 11.2 Å². The van der Waals surface area contributed by atoms with Crippen LogP contribution < -0.4 is 5.32 Å². The summed E-state index contributed by atoms with van der Waals surface area (Å²) in [4.78, 5) is 22.4. The lowest BCUT2D eigenvalue weighted by Crippen LogP contribution is -2.29. The van der Waals surface area contributed by atoms with Crippen molar-refractivity contribution in [3.63, 3.8) is 0 Å². The molecule has 0 saturated carbocycles. The molecule has 29 heavy (non-hydrogen) atoms. The smallest absolute Gasteiger partial charge is 0.253 e. The summed E-state index contributed by atoms with van der Waals surface area (Å²) in [5.41, 5.74) is 2.52. The minimum atomic E-state index is -3.44. The minimum Gasteiger partial charge on any atom is -0.351 e. The van der Waals surface area contributed by atoms with Crippen LogP contribution >= 0.6 is 0 Å². The fraction of sp³-hybridized carbons (Fsp3) is 0.381. The Morgan fingerprint density at radius 1 is 1.14 bits per heavy atom. The van der Waals surface area contributed by atoms with Gasteiger partial charge in [0.25, 0.3) is 5.91 Å². The van der Waals surface area contributed by atoms with Gasteiger partial charge in [0.05, 0.1) is 16.2 Å². The van der Waals surface area contributed by atoms with Gasteiger partial charge < -0.3 is 9.88 Å². The summed E-state index contributed by atoms with van der Waals surface area (Å²) in [7, 11) is -3.44. The lowest BCUT2D eigenvalue weighted by atomic mass is 10.2. The zero-order chi connectivity index (χ0) is 20.4. The first-order chi connectivity index (χ1) is 14.0. The van der Waals surface area contributed by atoms with Gasteiger partial charge in [-0.1, -0.05) is 24.6 Å². The van der Waals surface area contributed by atoms with Crippen LogP contribution in [0.15, 0.2) is 41.3 Å². The van der Waals surface area contributed by atoms with Crippen LogP contribution in [0, 0.1) is 6.92 Å². The van der Waals surface area contributed by atoms with Gasteiger partial charge in [-0.2, -0.15) is 0 Å². The molecule has 0 saturated heterocycles. The minimum absolute atomic E-state index is 0.0342. The molecule has 1 amide bonds. The van der Waals surface area contributed by atoms with Crippen molar-refractivity contribution < 1.29 is 13.2 Å². The Morgan fingerprint density at radius 3 is 2.72 bits per heavy atom. The average molecular weight is 413 g/mol. The second-order valence-corrected chi connectivity index (χ2v) is 9.47. The highest BCUT2D eigenvalue weighted by molar-refractivity contribution is 7.91. The van der Waals surface area contributed by atoms with Crippen LogP contribution in [0.4, 0.5) is 0 Å². The van der Waals surface area contributed by atoms with E-state index in [-0.39, 0.29) is 23.1 Å². The largest absolute Gasteiger partial charge is 0.351 e. The molecule has 0 bridgehead atoms. The van der Waals surface area contributed by atoms with Gasteiger partial charge in [-0.05, 0) is 38.0 Å². The fourth-order valence-electron chi connectivity index (χ4n) is 3.73. The number of fused-ring (bicyclic) bond motifs is 3. The number of aromatic nitrogens is 3. The van der Waals surface area contributed by atoms with E-state index in [9.17, 15) is 13.2 Å². The van der Waals surface area contributed by atoms with Crippen molar-refractivity contribution in [2.75, 3.05) is 12.3 Å². The number of pyridine rings is 1. The summed E-state index contributed by atoms with van der Waals surface area (Å²) < 4.78 is 26.9. The third kappa shape index (κ3) is 4.03. The third-order valence-corrected chi connectivity index (χ3v) is 6.93. The summed E-state index contributed by atoms with van der Waals surface area (Å²) in [5.74, 6) is 0.490. The summed E-state index contributed by atoms with van der Waals surface area (Å²) in [6.07, 6.45) is 4.21. The van der Waals surface area contributed by atoms with Gasteiger partial charge in [0.2, 0.25) is 0 Å². The number of nitrogens with zero attached hydrogens (tertiary/aromatic N) is 3. The van der Waals surface area contributed by atoms with Gasteiger partial charge in [-0.15, -0.1) is 0 Å². The molecule has 3 heterocycles. The van der Waals surface area contributed by atoms with E-state index in [4.69, 9.17) is 4.98 Å². The monoisotopic (exact) mass is 412 g/mol. The van der Waals surface area contributed by atoms with E-state index >= 15 is 0 Å². The van der Waals surface area contributed by atoms with Gasteiger partial charge in [-0.3, -0.25) is 4.79 Å². The van der Waals surface area contributed by atoms with Gasteiger partial charge in [0.1, 0.15) is 11.3 Å². The number of amides is 1. The molecule has 0 unspecified atom stereocenters. The lowest BCUT2D eigenvalue weighted by Gasteiger charge is -2.08. The molecule has 0 aliphatic carbocycles. The SMILES string of the molecule is Cc1cc(C(=O)NCCS(=O)(=O)c2ccccc2)c2nc3n(c2n1)CCCCC3. The van der Waals surface area contributed by atoms with Crippen LogP contribution in [0.1, 0.15) is 41.1 Å². The number of rotatable bonds is 5. The quantitative estimate of drug-likeness (QED) is 0.695. The maximum Gasteiger partial charge on any atom is 0.253 e. The first-order valence-electron chi connectivity index (χ1n) is 9.88. The van der Waals surface area contributed by atoms with Gasteiger partial charge in [0.15, 0.2) is 15.5 Å². The van der Waals surface area contributed by atoms with E-state index in [1.165, 1.54) is 6.42 Å². The maximum atomic E-state index is 12.8. The van der Waals surface area contributed by atoms with E-state index in [1.807, 2.05) is 6.92 Å². The molecule has 7 nitrogen and oxygen atoms in total. The summed E-state index contributed by atoms with van der Waals surface area (Å²) in [6.45, 7) is 2.75. The Bertz CT molecular complexity index is 1150. The predicted molar refractivity (Wildman–Crippen MR) is 111 cm³/mol. The van der Waals surface area contributed by atoms with Crippen LogP contribution in [-0.4, -0.2) is 41.2 Å². The topological polar surface area (TPSA) is 94.0 Å². The molecule has 0 fully saturated rings. The van der Waals surface area contributed by atoms with Gasteiger partial charge in [0, 0.05) is 25.2 Å². The van der Waals surface area contributed by atoms with Crippen LogP contribution in [-0.2, 0) is 22.8 Å². The Hall–Kier alpha value is -2.74. The first-order valence-corrected chi connectivity index (χ1v) is 11.5. The number of carbonyl (C=O) groups is 1. The Kier molecular flexibility index (Phi) is 5.36. The molecule has 0 spiro atoms. The molecule has 3 aromatic rings. The highest BCUT2D eigenvalue weighted by Gasteiger charge is 2.21. The van der Waals surface area contributed by atoms with Crippen molar-refractivity contribution in [1.82, 2.24) is 19.9 Å². The van der Waals surface area contributed by atoms with Crippen LogP contribution in [0.5, 0.6) is 0 Å². The molecule has 1 aliphatic rings. The Balaban J connectivity index is 1.54. The summed E-state index contributed by atoms with van der Waals surface area (Å²) in [5, 5.41) is 2.74. The van der Waals surface area contributed by atoms with Gasteiger partial charge >= 0.3 is 0 Å². The molecule has 0 radical (unpaired) electrons. The molecule has 1 N–H and O–H groups in total. The maximum absolute atomic E-state index is 12.8. The van der Waals surface area contributed by atoms with Crippen LogP contribution in [0.2, 0.25) is 0 Å². The van der Waals surface area contributed by atoms with Crippen LogP contribution in [0.3, 0.4) is 0 Å². The van der Waals surface area contributed by atoms with E-state index < -0.39 is 9.84 Å². The van der Waals surface area contributed by atoms with Crippen molar-refractivity contribution in [3.05, 3.63) is 53.5 Å². The van der Waals surface area contributed by atoms with E-state index in [0.717, 1.165) is 43.0 Å². The Morgan fingerprint density at radius 2 is 1.93 bits per heavy atom. The molecular weight excluding hydrogens is 388 g/mol. The van der Waals surface area contributed by atoms with Crippen molar-refractivity contribution in [2.45, 2.75) is 44.0 Å². The number of sulfone groups is 1. The molecule has 4 rings (SSSR count). The highest BCUT2D eigenvalue weighted by Crippen LogP contribution is 2.24. The first kappa shape index (κ1) is 19.6. The van der Waals surface area contributed by atoms with Crippen molar-refractivity contribution in [2.24, 2.45) is 0 Å². The highest BCUT2D eigenvalue weighted by atomic mass is 32.2. The molecule has 1 aliphatic heterocycles. The molecule has 2 aromatic heterocycles. The molecule has 0 atom stereocenters. The third-order valence-electron chi connectivity index (χ3n) is 5.20. The standard InChI is InChI=1S/C21H24N4O3S/c1-15-14-17(19-20(23-15)25-12-7-3-6-10-18(25)24-19)21(26)22-11-13-29(27,28)16-8-4-2-5-9-16/h2,4-5,8-9,14H,3,6-7,10-13H2,1H3,(H,22,26). The molecule has 152 valence electrons. The summed E-state index contributed by atoms with van der Waals surface area (Å²) in [6, 6.07) is 9.98. The van der Waals surface area contributed by atoms with E-state index in [0.29, 0.717) is 11.1 Å². The molecule has 1 aromatic carbocycles. The number of hydrogen-bond donors (Lipinski definition) is 1. The second-order valence-electron chi connectivity index (χ2n) is 7.36. The zero-order valence-electron chi connectivity index (χ0n) is 16.4. The van der Waals surface area contributed by atoms with E-state index in [2.05, 4.69) is 14.9 Å². The number of aryl methyl sites for hydroxylation is 3. The lowest BCUT2D eigenvalue weighted by molar-refractivity contribution is 0.0957. The van der Waals surface area contributed by atoms with E-state index in [1.54, 1.807) is 36.4 Å². The van der Waals surface area contributed by atoms with Gasteiger partial charge in [-0.25, -0.2) is 18.4 Å². The normalized spacial score (nSPS) is 14.4. The Labute approximate surface area is 170 Å². The van der Waals surface area contributed by atoms with Crippen molar-refractivity contribution in [1.29, 1.82) is 0 Å². The average Bonchev–Trinajstić information content (AvgIpc) is 2.89. The number of carbonyl (C=O) groups excluding carboxylic acids is 1. The fourth-order valence-corrected chi connectivity index (χ4v) is 4.91. The molecule has 8 heteroatoms. The number of hydrogen-bond acceptors (Lipinski definition) is 5. The summed E-state index contributed by atoms with van der Waals surface area (Å²) >= 11 is 0. The second kappa shape index (κ2) is 7.94. The number of benzene rings is 1. The van der Waals surface area contributed by atoms with Crippen molar-refractivity contribution in [3.8, 4) is 0 Å². The predicted octanol–water partition coefficient (Wildman–Crippen LogP) is 2.67. The number of imidazole rings is 1. The molecular formula is C21H24N4O3S. The zero-order valence-corrected chi connectivity index (χ0v) is 17.2. The number of nitrogens with one attached hydrogen (secondary N) is 1. The van der Waals surface area contributed by atoms with Crippen molar-refractivity contribution >= 4 is 26.9 Å².